The minimum absolute atomic E-state index is 0.355. The smallest absolute Gasteiger partial charge is 0.133 e. The summed E-state index contributed by atoms with van der Waals surface area (Å²) in [5.41, 5.74) is 4.71. The fraction of sp³-hybridized carbons (Fsp3) is 0.333. The second kappa shape index (κ2) is 5.58. The van der Waals surface area contributed by atoms with Gasteiger partial charge in [-0.2, -0.15) is 0 Å². The Hall–Kier alpha value is -1.96. The van der Waals surface area contributed by atoms with Gasteiger partial charge in [-0.15, -0.1) is 0 Å². The molecule has 1 fully saturated rings. The largest absolute Gasteiger partial charge is 0.300 e. The van der Waals surface area contributed by atoms with Crippen LogP contribution >= 0.6 is 0 Å². The molecule has 1 aliphatic carbocycles. The van der Waals surface area contributed by atoms with Crippen LogP contribution in [0.4, 0.5) is 0 Å². The van der Waals surface area contributed by atoms with E-state index in [0.717, 1.165) is 25.0 Å². The molecule has 2 nitrogen and oxygen atoms in total. The molecule has 3 rings (SSSR count). The molecule has 1 aromatic heterocycles. The van der Waals surface area contributed by atoms with E-state index >= 15 is 0 Å². The lowest BCUT2D eigenvalue weighted by molar-refractivity contribution is -0.120. The van der Waals surface area contributed by atoms with Crippen molar-refractivity contribution in [1.29, 1.82) is 0 Å². The predicted molar refractivity (Wildman–Crippen MR) is 80.6 cm³/mol. The maximum atomic E-state index is 11.8. The van der Waals surface area contributed by atoms with Gasteiger partial charge in [0, 0.05) is 24.6 Å². The Labute approximate surface area is 119 Å². The van der Waals surface area contributed by atoms with Crippen LogP contribution in [0.1, 0.15) is 42.7 Å². The van der Waals surface area contributed by atoms with Gasteiger partial charge < -0.3 is 0 Å². The Bertz CT molecular complexity index is 619. The SMILES string of the molecule is Cc1ccc(-c2ccccn2)c(C2CCCC(=O)C2)c1. The van der Waals surface area contributed by atoms with Gasteiger partial charge in [0.05, 0.1) is 5.69 Å². The van der Waals surface area contributed by atoms with E-state index in [1.54, 1.807) is 0 Å². The van der Waals surface area contributed by atoms with Crippen molar-refractivity contribution in [3.05, 3.63) is 53.7 Å². The summed E-state index contributed by atoms with van der Waals surface area (Å²) in [5, 5.41) is 0. The number of rotatable bonds is 2. The lowest BCUT2D eigenvalue weighted by atomic mass is 9.80. The van der Waals surface area contributed by atoms with Crippen molar-refractivity contribution in [2.24, 2.45) is 0 Å². The second-order valence-electron chi connectivity index (χ2n) is 5.64. The quantitative estimate of drug-likeness (QED) is 0.811. The van der Waals surface area contributed by atoms with Gasteiger partial charge in [0.1, 0.15) is 5.78 Å². The van der Waals surface area contributed by atoms with Crippen molar-refractivity contribution >= 4 is 5.78 Å². The lowest BCUT2D eigenvalue weighted by Crippen LogP contribution is -2.14. The molecule has 1 saturated carbocycles. The van der Waals surface area contributed by atoms with E-state index in [1.807, 2.05) is 24.4 Å². The van der Waals surface area contributed by atoms with Gasteiger partial charge in [-0.25, -0.2) is 0 Å². The minimum Gasteiger partial charge on any atom is -0.300 e. The van der Waals surface area contributed by atoms with Crippen molar-refractivity contribution in [3.63, 3.8) is 0 Å². The van der Waals surface area contributed by atoms with Gasteiger partial charge in [-0.05, 0) is 43.4 Å². The number of aryl methyl sites for hydroxylation is 1. The molecule has 1 aliphatic rings. The molecule has 0 spiro atoms. The fourth-order valence-corrected chi connectivity index (χ4v) is 3.07. The number of Topliss-reactive ketones (excluding diaryl/α,β-unsaturated/α-hetero) is 1. The van der Waals surface area contributed by atoms with Gasteiger partial charge in [0.25, 0.3) is 0 Å². The molecule has 20 heavy (non-hydrogen) atoms. The summed E-state index contributed by atoms with van der Waals surface area (Å²) in [5.74, 6) is 0.753. The summed E-state index contributed by atoms with van der Waals surface area (Å²) in [7, 11) is 0. The van der Waals surface area contributed by atoms with Crippen LogP contribution < -0.4 is 0 Å². The number of benzene rings is 1. The van der Waals surface area contributed by atoms with E-state index in [1.165, 1.54) is 16.7 Å². The summed E-state index contributed by atoms with van der Waals surface area (Å²) < 4.78 is 0. The van der Waals surface area contributed by atoms with Gasteiger partial charge in [-0.3, -0.25) is 9.78 Å². The number of nitrogens with zero attached hydrogens (tertiary/aromatic N) is 1. The average molecular weight is 265 g/mol. The van der Waals surface area contributed by atoms with E-state index in [9.17, 15) is 4.79 Å². The van der Waals surface area contributed by atoms with Crippen LogP contribution in [0.2, 0.25) is 0 Å². The number of pyridine rings is 1. The highest BCUT2D eigenvalue weighted by atomic mass is 16.1. The lowest BCUT2D eigenvalue weighted by Gasteiger charge is -2.24. The summed E-state index contributed by atoms with van der Waals surface area (Å²) in [6.45, 7) is 2.11. The van der Waals surface area contributed by atoms with Crippen LogP contribution in [0.15, 0.2) is 42.6 Å². The maximum Gasteiger partial charge on any atom is 0.133 e. The predicted octanol–water partition coefficient (Wildman–Crippen LogP) is 4.28. The molecule has 0 saturated heterocycles. The summed E-state index contributed by atoms with van der Waals surface area (Å²) in [4.78, 5) is 16.2. The topological polar surface area (TPSA) is 30.0 Å². The normalized spacial score (nSPS) is 19.1. The fourth-order valence-electron chi connectivity index (χ4n) is 3.07. The Morgan fingerprint density at radius 1 is 1.20 bits per heavy atom. The highest BCUT2D eigenvalue weighted by molar-refractivity contribution is 5.80. The molecule has 2 aromatic rings. The average Bonchev–Trinajstić information content (AvgIpc) is 2.48. The zero-order chi connectivity index (χ0) is 13.9. The maximum absolute atomic E-state index is 11.8. The number of carbonyl (C=O) groups is 1. The zero-order valence-corrected chi connectivity index (χ0v) is 11.8. The number of aromatic nitrogens is 1. The van der Waals surface area contributed by atoms with Crippen LogP contribution in [0.5, 0.6) is 0 Å². The van der Waals surface area contributed by atoms with E-state index < -0.39 is 0 Å². The zero-order valence-electron chi connectivity index (χ0n) is 11.8. The van der Waals surface area contributed by atoms with Gasteiger partial charge >= 0.3 is 0 Å². The van der Waals surface area contributed by atoms with Crippen LogP contribution in [0.25, 0.3) is 11.3 Å². The molecule has 0 aliphatic heterocycles. The summed E-state index contributed by atoms with van der Waals surface area (Å²) in [6.07, 6.45) is 5.38. The standard InChI is InChI=1S/C18H19NO/c1-13-8-9-16(18-7-2-3-10-19-18)17(11-13)14-5-4-6-15(20)12-14/h2-3,7-11,14H,4-6,12H2,1H3. The van der Waals surface area contributed by atoms with Crippen molar-refractivity contribution in [3.8, 4) is 11.3 Å². The third kappa shape index (κ3) is 2.64. The molecular formula is C18H19NO. The van der Waals surface area contributed by atoms with Gasteiger partial charge in [0.2, 0.25) is 0 Å². The molecule has 1 aromatic carbocycles. The van der Waals surface area contributed by atoms with E-state index in [0.29, 0.717) is 18.1 Å². The number of ketones is 1. The molecular weight excluding hydrogens is 246 g/mol. The van der Waals surface area contributed by atoms with Gasteiger partial charge in [-0.1, -0.05) is 29.8 Å². The first-order valence-corrected chi connectivity index (χ1v) is 7.27. The van der Waals surface area contributed by atoms with Crippen molar-refractivity contribution in [1.82, 2.24) is 4.98 Å². The molecule has 102 valence electrons. The van der Waals surface area contributed by atoms with Crippen molar-refractivity contribution < 1.29 is 4.79 Å². The number of hydrogen-bond acceptors (Lipinski definition) is 2. The Morgan fingerprint density at radius 3 is 2.85 bits per heavy atom. The molecule has 0 amide bonds. The first kappa shape index (κ1) is 13.0. The highest BCUT2D eigenvalue weighted by Crippen LogP contribution is 2.36. The second-order valence-corrected chi connectivity index (χ2v) is 5.64. The van der Waals surface area contributed by atoms with E-state index in [2.05, 4.69) is 30.1 Å². The number of hydrogen-bond donors (Lipinski definition) is 0. The van der Waals surface area contributed by atoms with Crippen LogP contribution in [0, 0.1) is 6.92 Å². The molecule has 0 bridgehead atoms. The van der Waals surface area contributed by atoms with E-state index in [4.69, 9.17) is 0 Å². The van der Waals surface area contributed by atoms with Crippen LogP contribution in [0.3, 0.4) is 0 Å². The monoisotopic (exact) mass is 265 g/mol. The Balaban J connectivity index is 2.05. The first-order valence-electron chi connectivity index (χ1n) is 7.27. The first-order chi connectivity index (χ1) is 9.74. The molecule has 0 radical (unpaired) electrons. The molecule has 1 unspecified atom stereocenters. The third-order valence-electron chi connectivity index (χ3n) is 4.07. The van der Waals surface area contributed by atoms with Crippen molar-refractivity contribution in [2.45, 2.75) is 38.5 Å². The highest BCUT2D eigenvalue weighted by Gasteiger charge is 2.23. The summed E-state index contributed by atoms with van der Waals surface area (Å²) in [6, 6.07) is 12.5. The van der Waals surface area contributed by atoms with Crippen LogP contribution in [-0.2, 0) is 4.79 Å². The minimum atomic E-state index is 0.355. The van der Waals surface area contributed by atoms with E-state index in [-0.39, 0.29) is 0 Å². The van der Waals surface area contributed by atoms with Crippen LogP contribution in [-0.4, -0.2) is 10.8 Å². The molecule has 1 heterocycles. The third-order valence-corrected chi connectivity index (χ3v) is 4.07. The van der Waals surface area contributed by atoms with Crippen molar-refractivity contribution in [2.75, 3.05) is 0 Å². The van der Waals surface area contributed by atoms with Gasteiger partial charge in [0.15, 0.2) is 0 Å². The molecule has 0 N–H and O–H groups in total. The number of carbonyl (C=O) groups excluding carboxylic acids is 1. The summed E-state index contributed by atoms with van der Waals surface area (Å²) >= 11 is 0. The Morgan fingerprint density at radius 2 is 2.10 bits per heavy atom. The Kier molecular flexibility index (Phi) is 3.64. The molecule has 2 heteroatoms. The molecule has 1 atom stereocenters.